The van der Waals surface area contributed by atoms with E-state index in [1.807, 2.05) is 0 Å². The first-order valence-corrected chi connectivity index (χ1v) is 7.62. The maximum Gasteiger partial charge on any atom is 0.276 e. The third-order valence-electron chi connectivity index (χ3n) is 2.29. The number of halogens is 1. The van der Waals surface area contributed by atoms with Crippen molar-refractivity contribution in [2.45, 2.75) is 11.8 Å². The summed E-state index contributed by atoms with van der Waals surface area (Å²) in [5, 5.41) is 3.67. The minimum absolute atomic E-state index is 0.156. The lowest BCUT2D eigenvalue weighted by Gasteiger charge is -2.01. The molecule has 0 radical (unpaired) electrons. The summed E-state index contributed by atoms with van der Waals surface area (Å²) >= 11 is 3.29. The van der Waals surface area contributed by atoms with Gasteiger partial charge in [0.1, 0.15) is 11.5 Å². The number of sulfonamides is 1. The van der Waals surface area contributed by atoms with Crippen molar-refractivity contribution < 1.29 is 12.8 Å². The van der Waals surface area contributed by atoms with Crippen LogP contribution in [0.3, 0.4) is 0 Å². The Morgan fingerprint density at radius 1 is 1.32 bits per heavy atom. The molecule has 0 fully saturated rings. The maximum atomic E-state index is 11.8. The van der Waals surface area contributed by atoms with E-state index < -0.39 is 10.0 Å². The molecule has 0 saturated carbocycles. The van der Waals surface area contributed by atoms with Gasteiger partial charge in [-0.2, -0.15) is 18.4 Å². The highest BCUT2D eigenvalue weighted by atomic mass is 79.9. The molecule has 0 aliphatic heterocycles. The van der Waals surface area contributed by atoms with E-state index in [9.17, 15) is 8.42 Å². The SMILES string of the molecule is Cc1oc(C=NNS(=O)(=O)c2ccccc2)cc1Br. The lowest BCUT2D eigenvalue weighted by atomic mass is 10.4. The first-order chi connectivity index (χ1) is 8.99. The monoisotopic (exact) mass is 342 g/mol. The Morgan fingerprint density at radius 3 is 2.58 bits per heavy atom. The second kappa shape index (κ2) is 5.58. The Bertz CT molecular complexity index is 674. The third-order valence-corrected chi connectivity index (χ3v) is 4.32. The van der Waals surface area contributed by atoms with Crippen molar-refractivity contribution in [3.05, 3.63) is 52.4 Å². The summed E-state index contributed by atoms with van der Waals surface area (Å²) in [4.78, 5) is 2.28. The number of furan rings is 1. The van der Waals surface area contributed by atoms with Crippen molar-refractivity contribution in [2.75, 3.05) is 0 Å². The summed E-state index contributed by atoms with van der Waals surface area (Å²) in [7, 11) is -3.64. The molecule has 5 nitrogen and oxygen atoms in total. The average molecular weight is 343 g/mol. The molecule has 0 saturated heterocycles. The molecule has 0 atom stereocenters. The van der Waals surface area contributed by atoms with E-state index in [4.69, 9.17) is 4.42 Å². The Kier molecular flexibility index (Phi) is 4.06. The van der Waals surface area contributed by atoms with E-state index in [2.05, 4.69) is 25.9 Å². The number of hydrazone groups is 1. The Balaban J connectivity index is 2.10. The Morgan fingerprint density at radius 2 is 2.00 bits per heavy atom. The molecule has 0 aliphatic rings. The fourth-order valence-corrected chi connectivity index (χ4v) is 2.48. The molecule has 0 spiro atoms. The van der Waals surface area contributed by atoms with Crippen LogP contribution in [-0.2, 0) is 10.0 Å². The van der Waals surface area contributed by atoms with Gasteiger partial charge in [0.15, 0.2) is 0 Å². The predicted molar refractivity (Wildman–Crippen MR) is 75.5 cm³/mol. The van der Waals surface area contributed by atoms with Gasteiger partial charge in [-0.3, -0.25) is 0 Å². The fourth-order valence-electron chi connectivity index (χ4n) is 1.36. The molecule has 1 heterocycles. The van der Waals surface area contributed by atoms with E-state index in [1.54, 1.807) is 31.2 Å². The van der Waals surface area contributed by atoms with Crippen molar-refractivity contribution in [3.63, 3.8) is 0 Å². The molecule has 2 aromatic rings. The minimum atomic E-state index is -3.64. The van der Waals surface area contributed by atoms with Gasteiger partial charge in [-0.05, 0) is 35.0 Å². The second-order valence-corrected chi connectivity index (χ2v) is 6.23. The van der Waals surface area contributed by atoms with Crippen molar-refractivity contribution in [3.8, 4) is 0 Å². The third kappa shape index (κ3) is 3.45. The fraction of sp³-hybridized carbons (Fsp3) is 0.0833. The van der Waals surface area contributed by atoms with Crippen molar-refractivity contribution in [1.82, 2.24) is 4.83 Å². The summed E-state index contributed by atoms with van der Waals surface area (Å²) in [6.45, 7) is 1.79. The van der Waals surface area contributed by atoms with Crippen LogP contribution in [0.5, 0.6) is 0 Å². The number of benzene rings is 1. The van der Waals surface area contributed by atoms with E-state index in [-0.39, 0.29) is 4.90 Å². The molecule has 19 heavy (non-hydrogen) atoms. The standard InChI is InChI=1S/C12H11BrN2O3S/c1-9-12(13)7-10(18-9)8-14-15-19(16,17)11-5-3-2-4-6-11/h2-8,15H,1H3. The summed E-state index contributed by atoms with van der Waals surface area (Å²) in [6, 6.07) is 9.72. The zero-order valence-corrected chi connectivity index (χ0v) is 12.4. The van der Waals surface area contributed by atoms with Crippen LogP contribution in [0.25, 0.3) is 0 Å². The molecule has 1 N–H and O–H groups in total. The van der Waals surface area contributed by atoms with Crippen LogP contribution in [-0.4, -0.2) is 14.6 Å². The van der Waals surface area contributed by atoms with Crippen molar-refractivity contribution >= 4 is 32.2 Å². The average Bonchev–Trinajstić information content (AvgIpc) is 2.69. The van der Waals surface area contributed by atoms with Crippen LogP contribution < -0.4 is 4.83 Å². The molecule has 0 bridgehead atoms. The molecule has 1 aromatic carbocycles. The van der Waals surface area contributed by atoms with Gasteiger partial charge in [0.05, 0.1) is 15.6 Å². The minimum Gasteiger partial charge on any atom is -0.459 e. The van der Waals surface area contributed by atoms with Gasteiger partial charge in [-0.15, -0.1) is 0 Å². The quantitative estimate of drug-likeness (QED) is 0.685. The molecule has 0 unspecified atom stereocenters. The van der Waals surface area contributed by atoms with E-state index >= 15 is 0 Å². The van der Waals surface area contributed by atoms with Gasteiger partial charge < -0.3 is 4.42 Å². The maximum absolute atomic E-state index is 11.8. The Labute approximate surface area is 119 Å². The molecule has 1 aromatic heterocycles. The molecular formula is C12H11BrN2O3S. The number of nitrogens with zero attached hydrogens (tertiary/aromatic N) is 1. The summed E-state index contributed by atoms with van der Waals surface area (Å²) < 4.78 is 29.8. The largest absolute Gasteiger partial charge is 0.459 e. The smallest absolute Gasteiger partial charge is 0.276 e. The molecule has 0 amide bonds. The summed E-state index contributed by atoms with van der Waals surface area (Å²) in [5.74, 6) is 1.16. The van der Waals surface area contributed by atoms with Crippen molar-refractivity contribution in [1.29, 1.82) is 0 Å². The first kappa shape index (κ1) is 13.8. The second-order valence-electron chi connectivity index (χ2n) is 3.72. The van der Waals surface area contributed by atoms with Gasteiger partial charge in [-0.25, -0.2) is 0 Å². The Hall–Kier alpha value is -1.60. The van der Waals surface area contributed by atoms with E-state index in [0.717, 1.165) is 4.47 Å². The van der Waals surface area contributed by atoms with Crippen LogP contribution in [0, 0.1) is 6.92 Å². The number of aryl methyl sites for hydroxylation is 1. The summed E-state index contributed by atoms with van der Waals surface area (Å²) in [5.41, 5.74) is 0. The highest BCUT2D eigenvalue weighted by molar-refractivity contribution is 9.10. The molecule has 2 rings (SSSR count). The van der Waals surface area contributed by atoms with Crippen LogP contribution in [0.1, 0.15) is 11.5 Å². The summed E-state index contributed by atoms with van der Waals surface area (Å²) in [6.07, 6.45) is 1.30. The molecule has 0 aliphatic carbocycles. The van der Waals surface area contributed by atoms with Gasteiger partial charge >= 0.3 is 0 Å². The van der Waals surface area contributed by atoms with E-state index in [0.29, 0.717) is 11.5 Å². The lowest BCUT2D eigenvalue weighted by molar-refractivity contribution is 0.525. The van der Waals surface area contributed by atoms with Crippen LogP contribution in [0.4, 0.5) is 0 Å². The lowest BCUT2D eigenvalue weighted by Crippen LogP contribution is -2.18. The highest BCUT2D eigenvalue weighted by Gasteiger charge is 2.11. The highest BCUT2D eigenvalue weighted by Crippen LogP contribution is 2.19. The number of hydrogen-bond acceptors (Lipinski definition) is 4. The van der Waals surface area contributed by atoms with Gasteiger partial charge in [-0.1, -0.05) is 18.2 Å². The topological polar surface area (TPSA) is 71.7 Å². The predicted octanol–water partition coefficient (Wildman–Crippen LogP) is 2.66. The molecule has 7 heteroatoms. The first-order valence-electron chi connectivity index (χ1n) is 5.35. The van der Waals surface area contributed by atoms with Crippen LogP contribution in [0.2, 0.25) is 0 Å². The van der Waals surface area contributed by atoms with Crippen LogP contribution >= 0.6 is 15.9 Å². The normalized spacial score (nSPS) is 11.9. The van der Waals surface area contributed by atoms with Gasteiger partial charge in [0, 0.05) is 6.07 Å². The zero-order chi connectivity index (χ0) is 13.9. The van der Waals surface area contributed by atoms with Gasteiger partial charge in [0.25, 0.3) is 10.0 Å². The number of rotatable bonds is 4. The van der Waals surface area contributed by atoms with Crippen molar-refractivity contribution in [2.24, 2.45) is 5.10 Å². The number of hydrogen-bond donors (Lipinski definition) is 1. The molecular weight excluding hydrogens is 332 g/mol. The van der Waals surface area contributed by atoms with E-state index in [1.165, 1.54) is 18.3 Å². The zero-order valence-electron chi connectivity index (χ0n) is 10.00. The molecule has 100 valence electrons. The van der Waals surface area contributed by atoms with Crippen LogP contribution in [0.15, 0.2) is 55.3 Å². The van der Waals surface area contributed by atoms with Gasteiger partial charge in [0.2, 0.25) is 0 Å². The number of nitrogens with one attached hydrogen (secondary N) is 1.